The summed E-state index contributed by atoms with van der Waals surface area (Å²) in [5, 5.41) is 6.04. The van der Waals surface area contributed by atoms with Crippen molar-refractivity contribution in [1.82, 2.24) is 10.2 Å². The zero-order valence-electron chi connectivity index (χ0n) is 12.9. The highest BCUT2D eigenvalue weighted by molar-refractivity contribution is 6.04. The number of rotatable bonds is 6. The molecule has 1 aromatic carbocycles. The summed E-state index contributed by atoms with van der Waals surface area (Å²) < 4.78 is 5.62. The Hall–Kier alpha value is -1.85. The summed E-state index contributed by atoms with van der Waals surface area (Å²) in [5.74, 6) is 0.779. The maximum atomic E-state index is 12.0. The third kappa shape index (κ3) is 4.58. The molecule has 1 fully saturated rings. The molecule has 21 heavy (non-hydrogen) atoms. The van der Waals surface area contributed by atoms with Gasteiger partial charge in [-0.15, -0.1) is 0 Å². The lowest BCUT2D eigenvalue weighted by Crippen LogP contribution is -2.36. The maximum Gasteiger partial charge on any atom is 0.251 e. The number of nitrogens with one attached hydrogen (secondary N) is 2. The van der Waals surface area contributed by atoms with E-state index in [4.69, 9.17) is 4.74 Å². The molecule has 1 aliphatic rings. The number of ether oxygens (including phenoxy) is 1. The molecule has 1 saturated heterocycles. The van der Waals surface area contributed by atoms with E-state index in [2.05, 4.69) is 15.5 Å². The summed E-state index contributed by atoms with van der Waals surface area (Å²) in [7, 11) is 4.02. The molecule has 1 aliphatic heterocycles. The summed E-state index contributed by atoms with van der Waals surface area (Å²) in [5.41, 5.74) is 2.77. The first-order valence-corrected chi connectivity index (χ1v) is 7.14. The Bertz CT molecular complexity index is 515. The average molecular weight is 289 g/mol. The Kier molecular flexibility index (Phi) is 5.36. The second-order valence-electron chi connectivity index (χ2n) is 5.46. The molecule has 0 unspecified atom stereocenters. The molecule has 0 radical (unpaired) electrons. The topological polar surface area (TPSA) is 53.6 Å². The van der Waals surface area contributed by atoms with E-state index in [1.165, 1.54) is 5.57 Å². The average Bonchev–Trinajstić information content (AvgIpc) is 2.38. The van der Waals surface area contributed by atoms with Crippen LogP contribution in [-0.2, 0) is 4.79 Å². The van der Waals surface area contributed by atoms with Crippen molar-refractivity contribution in [3.05, 3.63) is 35.4 Å². The van der Waals surface area contributed by atoms with Crippen LogP contribution in [0.4, 0.5) is 5.69 Å². The highest BCUT2D eigenvalue weighted by Crippen LogP contribution is 2.17. The molecule has 5 heteroatoms. The van der Waals surface area contributed by atoms with E-state index in [-0.39, 0.29) is 5.91 Å². The standard InChI is InChI=1S/C16H23N3O2/c1-12(13-10-17-11-13)16(20)18-14-4-6-15(7-5-14)21-9-8-19(2)3/h4-7,17H,8-11H2,1-3H3,(H,18,20). The number of nitrogens with zero attached hydrogens (tertiary/aromatic N) is 1. The van der Waals surface area contributed by atoms with Crippen molar-refractivity contribution < 1.29 is 9.53 Å². The SMILES string of the molecule is CC(C(=O)Nc1ccc(OCCN(C)C)cc1)=C1CNC1. The van der Waals surface area contributed by atoms with Crippen LogP contribution in [0.5, 0.6) is 5.75 Å². The van der Waals surface area contributed by atoms with Gasteiger partial charge in [-0.2, -0.15) is 0 Å². The van der Waals surface area contributed by atoms with E-state index in [9.17, 15) is 4.79 Å². The van der Waals surface area contributed by atoms with Crippen molar-refractivity contribution in [2.75, 3.05) is 45.7 Å². The molecule has 0 bridgehead atoms. The Labute approximate surface area is 126 Å². The fourth-order valence-corrected chi connectivity index (χ4v) is 1.88. The van der Waals surface area contributed by atoms with Crippen molar-refractivity contribution in [1.29, 1.82) is 0 Å². The van der Waals surface area contributed by atoms with Crippen molar-refractivity contribution >= 4 is 11.6 Å². The van der Waals surface area contributed by atoms with Gasteiger partial charge in [-0.1, -0.05) is 0 Å². The van der Waals surface area contributed by atoms with Gasteiger partial charge in [0.15, 0.2) is 0 Å². The fraction of sp³-hybridized carbons (Fsp3) is 0.438. The number of carbonyl (C=O) groups excluding carboxylic acids is 1. The summed E-state index contributed by atoms with van der Waals surface area (Å²) in [6.45, 7) is 5.02. The Morgan fingerprint density at radius 2 is 1.95 bits per heavy atom. The molecule has 1 aromatic rings. The lowest BCUT2D eigenvalue weighted by atomic mass is 10.0. The molecule has 0 spiro atoms. The van der Waals surface area contributed by atoms with Gasteiger partial charge in [0.25, 0.3) is 5.91 Å². The number of hydrogen-bond donors (Lipinski definition) is 2. The van der Waals surface area contributed by atoms with Crippen LogP contribution >= 0.6 is 0 Å². The van der Waals surface area contributed by atoms with Crippen LogP contribution in [0.2, 0.25) is 0 Å². The van der Waals surface area contributed by atoms with Gasteiger partial charge in [0.1, 0.15) is 12.4 Å². The molecule has 0 saturated carbocycles. The van der Waals surface area contributed by atoms with E-state index in [1.54, 1.807) is 0 Å². The first kappa shape index (κ1) is 15.5. The smallest absolute Gasteiger partial charge is 0.251 e. The van der Waals surface area contributed by atoms with Crippen LogP contribution in [0.3, 0.4) is 0 Å². The molecule has 2 rings (SSSR count). The summed E-state index contributed by atoms with van der Waals surface area (Å²) in [6, 6.07) is 7.47. The molecular weight excluding hydrogens is 266 g/mol. The van der Waals surface area contributed by atoms with Crippen LogP contribution in [0.1, 0.15) is 6.92 Å². The quantitative estimate of drug-likeness (QED) is 0.779. The largest absolute Gasteiger partial charge is 0.492 e. The number of likely N-dealkylation sites (N-methyl/N-ethyl adjacent to an activating group) is 1. The first-order valence-electron chi connectivity index (χ1n) is 7.14. The lowest BCUT2D eigenvalue weighted by Gasteiger charge is -2.21. The van der Waals surface area contributed by atoms with Crippen LogP contribution in [-0.4, -0.2) is 51.1 Å². The zero-order valence-corrected chi connectivity index (χ0v) is 12.9. The molecule has 1 heterocycles. The van der Waals surface area contributed by atoms with Crippen molar-refractivity contribution in [3.63, 3.8) is 0 Å². The van der Waals surface area contributed by atoms with Gasteiger partial charge < -0.3 is 20.3 Å². The minimum Gasteiger partial charge on any atom is -0.492 e. The first-order chi connectivity index (χ1) is 10.1. The van der Waals surface area contributed by atoms with Crippen LogP contribution in [0, 0.1) is 0 Å². The van der Waals surface area contributed by atoms with Crippen molar-refractivity contribution in [3.8, 4) is 5.75 Å². The van der Waals surface area contributed by atoms with E-state index in [0.717, 1.165) is 36.6 Å². The number of hydrogen-bond acceptors (Lipinski definition) is 4. The van der Waals surface area contributed by atoms with Crippen LogP contribution in [0.25, 0.3) is 0 Å². The summed E-state index contributed by atoms with van der Waals surface area (Å²) >= 11 is 0. The number of benzene rings is 1. The molecular formula is C16H23N3O2. The van der Waals surface area contributed by atoms with Gasteiger partial charge in [-0.3, -0.25) is 4.79 Å². The molecule has 0 atom stereocenters. The highest BCUT2D eigenvalue weighted by atomic mass is 16.5. The fourth-order valence-electron chi connectivity index (χ4n) is 1.88. The van der Waals surface area contributed by atoms with Gasteiger partial charge in [0, 0.05) is 30.9 Å². The highest BCUT2D eigenvalue weighted by Gasteiger charge is 2.15. The van der Waals surface area contributed by atoms with Gasteiger partial charge in [0.05, 0.1) is 0 Å². The third-order valence-electron chi connectivity index (χ3n) is 3.47. The monoisotopic (exact) mass is 289 g/mol. The molecule has 0 aromatic heterocycles. The lowest BCUT2D eigenvalue weighted by molar-refractivity contribution is -0.112. The maximum absolute atomic E-state index is 12.0. The molecule has 0 aliphatic carbocycles. The van der Waals surface area contributed by atoms with Crippen molar-refractivity contribution in [2.24, 2.45) is 0 Å². The third-order valence-corrected chi connectivity index (χ3v) is 3.47. The Morgan fingerprint density at radius 1 is 1.29 bits per heavy atom. The molecule has 2 N–H and O–H groups in total. The Balaban J connectivity index is 1.86. The molecule has 114 valence electrons. The number of anilines is 1. The molecule has 5 nitrogen and oxygen atoms in total. The molecule has 1 amide bonds. The predicted molar refractivity (Wildman–Crippen MR) is 84.7 cm³/mol. The van der Waals surface area contributed by atoms with Crippen LogP contribution < -0.4 is 15.4 Å². The van der Waals surface area contributed by atoms with Crippen LogP contribution in [0.15, 0.2) is 35.4 Å². The summed E-state index contributed by atoms with van der Waals surface area (Å²) in [4.78, 5) is 14.1. The van der Waals surface area contributed by atoms with E-state index >= 15 is 0 Å². The number of carbonyl (C=O) groups is 1. The predicted octanol–water partition coefficient (Wildman–Crippen LogP) is 1.49. The number of amides is 1. The summed E-state index contributed by atoms with van der Waals surface area (Å²) in [6.07, 6.45) is 0. The van der Waals surface area contributed by atoms with E-state index in [0.29, 0.717) is 6.61 Å². The van der Waals surface area contributed by atoms with E-state index in [1.807, 2.05) is 45.3 Å². The van der Waals surface area contributed by atoms with Gasteiger partial charge in [0.2, 0.25) is 0 Å². The minimum atomic E-state index is -0.0345. The zero-order chi connectivity index (χ0) is 15.2. The Morgan fingerprint density at radius 3 is 2.48 bits per heavy atom. The van der Waals surface area contributed by atoms with Gasteiger partial charge in [-0.05, 0) is 50.9 Å². The van der Waals surface area contributed by atoms with Crippen molar-refractivity contribution in [2.45, 2.75) is 6.92 Å². The minimum absolute atomic E-state index is 0.0345. The van der Waals surface area contributed by atoms with Gasteiger partial charge >= 0.3 is 0 Å². The van der Waals surface area contributed by atoms with Gasteiger partial charge in [-0.25, -0.2) is 0 Å². The van der Waals surface area contributed by atoms with E-state index < -0.39 is 0 Å². The second kappa shape index (κ2) is 7.24. The second-order valence-corrected chi connectivity index (χ2v) is 5.46. The normalized spacial score (nSPS) is 13.8.